The number of anilines is 1. The molecule has 2 aliphatic rings. The molecule has 2 saturated heterocycles. The highest BCUT2D eigenvalue weighted by Crippen LogP contribution is 2.22. The minimum atomic E-state index is 0. The van der Waals surface area contributed by atoms with E-state index in [-0.39, 0.29) is 30.1 Å². The predicted octanol–water partition coefficient (Wildman–Crippen LogP) is 1.85. The summed E-state index contributed by atoms with van der Waals surface area (Å²) in [5.41, 5.74) is 1.98. The second kappa shape index (κ2) is 8.31. The normalized spacial score (nSPS) is 18.6. The number of rotatable bonds is 4. The third-order valence-electron chi connectivity index (χ3n) is 4.47. The maximum Gasteiger partial charge on any atom is 0.227 e. The minimum Gasteiger partial charge on any atom is -0.352 e. The molecule has 2 amide bonds. The largest absolute Gasteiger partial charge is 0.352 e. The Labute approximate surface area is 143 Å². The van der Waals surface area contributed by atoms with Gasteiger partial charge in [0.1, 0.15) is 0 Å². The zero-order valence-corrected chi connectivity index (χ0v) is 14.0. The molecule has 1 aromatic carbocycles. The fourth-order valence-electron chi connectivity index (χ4n) is 3.17. The van der Waals surface area contributed by atoms with Crippen LogP contribution in [0.5, 0.6) is 0 Å². The highest BCUT2D eigenvalue weighted by Gasteiger charge is 2.22. The van der Waals surface area contributed by atoms with Gasteiger partial charge in [0.05, 0.1) is 0 Å². The number of carbonyl (C=O) groups excluding carboxylic acids is 2. The number of hydrogen-bond acceptors (Lipinski definition) is 3. The van der Waals surface area contributed by atoms with Crippen molar-refractivity contribution in [3.8, 4) is 0 Å². The van der Waals surface area contributed by atoms with E-state index in [0.29, 0.717) is 13.0 Å². The molecule has 2 aliphatic heterocycles. The third kappa shape index (κ3) is 4.45. The van der Waals surface area contributed by atoms with Crippen LogP contribution in [0.25, 0.3) is 0 Å². The fraction of sp³-hybridized carbons (Fsp3) is 0.529. The predicted molar refractivity (Wildman–Crippen MR) is 92.7 cm³/mol. The number of hydrogen-bond donors (Lipinski definition) is 2. The molecule has 2 fully saturated rings. The van der Waals surface area contributed by atoms with Crippen LogP contribution in [0.1, 0.15) is 31.2 Å². The van der Waals surface area contributed by atoms with E-state index in [0.717, 1.165) is 50.1 Å². The van der Waals surface area contributed by atoms with Gasteiger partial charge in [0, 0.05) is 31.1 Å². The molecule has 0 aromatic heterocycles. The van der Waals surface area contributed by atoms with Gasteiger partial charge in [-0.3, -0.25) is 9.59 Å². The summed E-state index contributed by atoms with van der Waals surface area (Å²) in [7, 11) is 0. The van der Waals surface area contributed by atoms with Gasteiger partial charge in [-0.2, -0.15) is 0 Å². The topological polar surface area (TPSA) is 61.4 Å². The van der Waals surface area contributed by atoms with Gasteiger partial charge in [-0.05, 0) is 50.0 Å². The molecular formula is C17H24ClN3O2. The van der Waals surface area contributed by atoms with E-state index < -0.39 is 0 Å². The smallest absolute Gasteiger partial charge is 0.227 e. The van der Waals surface area contributed by atoms with Crippen LogP contribution in [0.15, 0.2) is 24.3 Å². The average Bonchev–Trinajstić information content (AvgIpc) is 3.00. The molecule has 5 nitrogen and oxygen atoms in total. The van der Waals surface area contributed by atoms with E-state index in [2.05, 4.69) is 10.6 Å². The van der Waals surface area contributed by atoms with E-state index in [9.17, 15) is 9.59 Å². The molecule has 0 aliphatic carbocycles. The van der Waals surface area contributed by atoms with Crippen molar-refractivity contribution in [1.29, 1.82) is 0 Å². The van der Waals surface area contributed by atoms with E-state index >= 15 is 0 Å². The molecule has 0 unspecified atom stereocenters. The van der Waals surface area contributed by atoms with Gasteiger partial charge in [0.15, 0.2) is 0 Å². The number of nitrogens with zero attached hydrogens (tertiary/aromatic N) is 1. The highest BCUT2D eigenvalue weighted by molar-refractivity contribution is 5.95. The van der Waals surface area contributed by atoms with Gasteiger partial charge in [-0.25, -0.2) is 0 Å². The van der Waals surface area contributed by atoms with Crippen LogP contribution in [0.3, 0.4) is 0 Å². The summed E-state index contributed by atoms with van der Waals surface area (Å²) in [4.78, 5) is 25.8. The van der Waals surface area contributed by atoms with Crippen LogP contribution in [-0.4, -0.2) is 31.4 Å². The zero-order chi connectivity index (χ0) is 15.4. The van der Waals surface area contributed by atoms with Crippen LogP contribution in [-0.2, 0) is 16.1 Å². The van der Waals surface area contributed by atoms with E-state index in [4.69, 9.17) is 0 Å². The highest BCUT2D eigenvalue weighted by atomic mass is 35.5. The summed E-state index contributed by atoms with van der Waals surface area (Å²) in [6.45, 7) is 3.16. The Balaban J connectivity index is 0.00000192. The monoisotopic (exact) mass is 337 g/mol. The first-order chi connectivity index (χ1) is 10.7. The molecule has 2 heterocycles. The number of benzene rings is 1. The maximum absolute atomic E-state index is 12.2. The lowest BCUT2D eigenvalue weighted by molar-refractivity contribution is -0.126. The van der Waals surface area contributed by atoms with Crippen LogP contribution in [0, 0.1) is 5.92 Å². The summed E-state index contributed by atoms with van der Waals surface area (Å²) >= 11 is 0. The first-order valence-electron chi connectivity index (χ1n) is 8.12. The van der Waals surface area contributed by atoms with Crippen molar-refractivity contribution in [3.63, 3.8) is 0 Å². The Hall–Kier alpha value is -1.59. The molecule has 0 atom stereocenters. The Kier molecular flexibility index (Phi) is 6.42. The molecule has 126 valence electrons. The van der Waals surface area contributed by atoms with Crippen molar-refractivity contribution < 1.29 is 9.59 Å². The molecule has 0 spiro atoms. The van der Waals surface area contributed by atoms with Crippen molar-refractivity contribution in [2.45, 2.75) is 32.2 Å². The lowest BCUT2D eigenvalue weighted by Crippen LogP contribution is -2.37. The van der Waals surface area contributed by atoms with Crippen molar-refractivity contribution in [3.05, 3.63) is 29.8 Å². The molecule has 1 aromatic rings. The second-order valence-corrected chi connectivity index (χ2v) is 6.06. The van der Waals surface area contributed by atoms with Crippen LogP contribution in [0.2, 0.25) is 0 Å². The van der Waals surface area contributed by atoms with Gasteiger partial charge in [-0.15, -0.1) is 12.4 Å². The molecule has 0 radical (unpaired) electrons. The van der Waals surface area contributed by atoms with Gasteiger partial charge < -0.3 is 15.5 Å². The van der Waals surface area contributed by atoms with Gasteiger partial charge in [0.25, 0.3) is 0 Å². The first kappa shape index (κ1) is 17.8. The van der Waals surface area contributed by atoms with E-state index in [1.165, 1.54) is 0 Å². The number of nitrogens with one attached hydrogen (secondary N) is 2. The summed E-state index contributed by atoms with van der Waals surface area (Å²) < 4.78 is 0. The molecule has 2 N–H and O–H groups in total. The van der Waals surface area contributed by atoms with Crippen molar-refractivity contribution >= 4 is 29.9 Å². The van der Waals surface area contributed by atoms with E-state index in [1.54, 1.807) is 0 Å². The zero-order valence-electron chi connectivity index (χ0n) is 13.2. The number of amides is 2. The van der Waals surface area contributed by atoms with Crippen LogP contribution in [0.4, 0.5) is 5.69 Å². The number of halogens is 1. The standard InChI is InChI=1S/C17H23N3O2.ClH/c21-16-5-2-10-20(16)15-4-1-3-13(11-15)12-19-17(22)14-6-8-18-9-7-14;/h1,3-4,11,14,18H,2,5-10,12H2,(H,19,22);1H. The second-order valence-electron chi connectivity index (χ2n) is 6.06. The van der Waals surface area contributed by atoms with Gasteiger partial charge >= 0.3 is 0 Å². The fourth-order valence-corrected chi connectivity index (χ4v) is 3.17. The molecule has 0 bridgehead atoms. The Morgan fingerprint density at radius 3 is 2.78 bits per heavy atom. The average molecular weight is 338 g/mol. The Morgan fingerprint density at radius 1 is 1.30 bits per heavy atom. The quantitative estimate of drug-likeness (QED) is 0.881. The molecule has 23 heavy (non-hydrogen) atoms. The van der Waals surface area contributed by atoms with Crippen molar-refractivity contribution in [2.75, 3.05) is 24.5 Å². The van der Waals surface area contributed by atoms with Gasteiger partial charge in [-0.1, -0.05) is 12.1 Å². The summed E-state index contributed by atoms with van der Waals surface area (Å²) in [6, 6.07) is 7.91. The van der Waals surface area contributed by atoms with E-state index in [1.807, 2.05) is 29.2 Å². The number of carbonyl (C=O) groups is 2. The molecular weight excluding hydrogens is 314 g/mol. The van der Waals surface area contributed by atoms with Crippen molar-refractivity contribution in [1.82, 2.24) is 10.6 Å². The lowest BCUT2D eigenvalue weighted by Gasteiger charge is -2.22. The van der Waals surface area contributed by atoms with Crippen LogP contribution < -0.4 is 15.5 Å². The Bertz CT molecular complexity index is 559. The minimum absolute atomic E-state index is 0. The molecule has 0 saturated carbocycles. The SMILES string of the molecule is Cl.O=C(NCc1cccc(N2CCCC2=O)c1)C1CCNCC1. The Morgan fingerprint density at radius 2 is 2.09 bits per heavy atom. The molecule has 6 heteroatoms. The summed E-state index contributed by atoms with van der Waals surface area (Å²) in [5.74, 6) is 0.463. The summed E-state index contributed by atoms with van der Waals surface area (Å²) in [5, 5.41) is 6.30. The number of piperidine rings is 1. The maximum atomic E-state index is 12.2. The third-order valence-corrected chi connectivity index (χ3v) is 4.47. The first-order valence-corrected chi connectivity index (χ1v) is 8.12. The summed E-state index contributed by atoms with van der Waals surface area (Å²) in [6.07, 6.45) is 3.38. The van der Waals surface area contributed by atoms with Crippen LogP contribution >= 0.6 is 12.4 Å². The van der Waals surface area contributed by atoms with Gasteiger partial charge in [0.2, 0.25) is 11.8 Å². The molecule has 3 rings (SSSR count). The van der Waals surface area contributed by atoms with Crippen molar-refractivity contribution in [2.24, 2.45) is 5.92 Å². The lowest BCUT2D eigenvalue weighted by atomic mass is 9.97.